The van der Waals surface area contributed by atoms with Crippen LogP contribution in [0.2, 0.25) is 0 Å². The molecule has 9 heteroatoms. The highest BCUT2D eigenvalue weighted by Crippen LogP contribution is 2.21. The number of hydrogen-bond acceptors (Lipinski definition) is 5. The van der Waals surface area contributed by atoms with Gasteiger partial charge in [-0.2, -0.15) is 0 Å². The quantitative estimate of drug-likeness (QED) is 0.421. The summed E-state index contributed by atoms with van der Waals surface area (Å²) < 4.78 is 28.7. The number of aromatic nitrogens is 3. The van der Waals surface area contributed by atoms with E-state index in [1.807, 2.05) is 55.1 Å². The van der Waals surface area contributed by atoms with Crippen LogP contribution in [0.15, 0.2) is 65.7 Å². The average molecular weight is 478 g/mol. The molecule has 2 aromatic heterocycles. The lowest BCUT2D eigenvalue weighted by Crippen LogP contribution is -2.40. The molecule has 2 N–H and O–H groups in total. The SMILES string of the molecule is CCc1nc2cc(C)cnc2n1-c1ccc(CCNC(=O)NS(=O)(=O)c2ccc(C)cc2)cc1. The lowest BCUT2D eigenvalue weighted by molar-refractivity contribution is 0.246. The summed E-state index contributed by atoms with van der Waals surface area (Å²) in [4.78, 5) is 21.4. The molecule has 2 heterocycles. The molecule has 34 heavy (non-hydrogen) atoms. The van der Waals surface area contributed by atoms with Crippen LogP contribution in [0.5, 0.6) is 0 Å². The van der Waals surface area contributed by atoms with Crippen molar-refractivity contribution in [1.82, 2.24) is 24.6 Å². The molecule has 0 saturated heterocycles. The van der Waals surface area contributed by atoms with E-state index < -0.39 is 16.1 Å². The van der Waals surface area contributed by atoms with Crippen LogP contribution in [0.4, 0.5) is 4.79 Å². The smallest absolute Gasteiger partial charge is 0.328 e. The molecule has 176 valence electrons. The van der Waals surface area contributed by atoms with Gasteiger partial charge >= 0.3 is 6.03 Å². The van der Waals surface area contributed by atoms with Crippen molar-refractivity contribution in [3.63, 3.8) is 0 Å². The van der Waals surface area contributed by atoms with E-state index in [0.29, 0.717) is 13.0 Å². The zero-order chi connectivity index (χ0) is 24.3. The number of carbonyl (C=O) groups excluding carboxylic acids is 1. The molecule has 0 atom stereocenters. The van der Waals surface area contributed by atoms with Gasteiger partial charge in [-0.1, -0.05) is 36.8 Å². The number of amides is 2. The minimum absolute atomic E-state index is 0.0481. The second-order valence-corrected chi connectivity index (χ2v) is 9.85. The maximum Gasteiger partial charge on any atom is 0.328 e. The molecule has 0 aliphatic carbocycles. The van der Waals surface area contributed by atoms with Crippen LogP contribution >= 0.6 is 0 Å². The maximum atomic E-state index is 12.3. The van der Waals surface area contributed by atoms with Gasteiger partial charge in [-0.25, -0.2) is 27.9 Å². The van der Waals surface area contributed by atoms with Crippen LogP contribution in [0, 0.1) is 13.8 Å². The molecule has 0 radical (unpaired) electrons. The van der Waals surface area contributed by atoms with E-state index in [4.69, 9.17) is 4.98 Å². The fraction of sp³-hybridized carbons (Fsp3) is 0.240. The van der Waals surface area contributed by atoms with Crippen molar-refractivity contribution >= 4 is 27.2 Å². The van der Waals surface area contributed by atoms with Gasteiger partial charge < -0.3 is 5.32 Å². The Bertz CT molecular complexity index is 1430. The number of hydrogen-bond donors (Lipinski definition) is 2. The molecular weight excluding hydrogens is 450 g/mol. The monoisotopic (exact) mass is 477 g/mol. The Balaban J connectivity index is 1.38. The summed E-state index contributed by atoms with van der Waals surface area (Å²) in [5.74, 6) is 0.939. The number of sulfonamides is 1. The number of aryl methyl sites for hydroxylation is 3. The second kappa shape index (κ2) is 9.64. The van der Waals surface area contributed by atoms with Gasteiger partial charge in [-0.3, -0.25) is 4.57 Å². The first-order valence-corrected chi connectivity index (χ1v) is 12.6. The Hall–Kier alpha value is -3.72. The van der Waals surface area contributed by atoms with Crippen LogP contribution in [-0.2, 0) is 22.9 Å². The number of rotatable bonds is 7. The zero-order valence-electron chi connectivity index (χ0n) is 19.4. The lowest BCUT2D eigenvalue weighted by atomic mass is 10.1. The summed E-state index contributed by atoms with van der Waals surface area (Å²) in [6.07, 6.45) is 3.17. The predicted molar refractivity (Wildman–Crippen MR) is 132 cm³/mol. The Morgan fingerprint density at radius 1 is 1.00 bits per heavy atom. The van der Waals surface area contributed by atoms with E-state index in [9.17, 15) is 13.2 Å². The molecule has 0 aliphatic rings. The van der Waals surface area contributed by atoms with Crippen molar-refractivity contribution in [2.75, 3.05) is 6.54 Å². The van der Waals surface area contributed by atoms with E-state index >= 15 is 0 Å². The first-order chi connectivity index (χ1) is 16.3. The number of pyridine rings is 1. The van der Waals surface area contributed by atoms with E-state index in [2.05, 4.69) is 21.8 Å². The maximum absolute atomic E-state index is 12.3. The molecule has 0 aliphatic heterocycles. The molecule has 4 rings (SSSR count). The highest BCUT2D eigenvalue weighted by molar-refractivity contribution is 7.90. The van der Waals surface area contributed by atoms with E-state index in [1.54, 1.807) is 12.1 Å². The Morgan fingerprint density at radius 2 is 1.71 bits per heavy atom. The fourth-order valence-corrected chi connectivity index (χ4v) is 4.62. The van der Waals surface area contributed by atoms with E-state index in [1.165, 1.54) is 12.1 Å². The van der Waals surface area contributed by atoms with Crippen molar-refractivity contribution in [3.05, 3.63) is 83.3 Å². The van der Waals surface area contributed by atoms with Gasteiger partial charge in [0.05, 0.1) is 4.90 Å². The summed E-state index contributed by atoms with van der Waals surface area (Å²) in [5, 5.41) is 2.60. The van der Waals surface area contributed by atoms with Crippen LogP contribution in [0.25, 0.3) is 16.9 Å². The molecule has 0 unspecified atom stereocenters. The number of urea groups is 1. The molecule has 2 amide bonds. The van der Waals surface area contributed by atoms with Crippen molar-refractivity contribution in [2.24, 2.45) is 0 Å². The van der Waals surface area contributed by atoms with Crippen LogP contribution in [-0.4, -0.2) is 35.5 Å². The number of nitrogens with one attached hydrogen (secondary N) is 2. The minimum atomic E-state index is -3.91. The number of benzene rings is 2. The first kappa shape index (κ1) is 23.4. The molecule has 0 fully saturated rings. The average Bonchev–Trinajstić information content (AvgIpc) is 3.17. The summed E-state index contributed by atoms with van der Waals surface area (Å²) in [6.45, 7) is 6.22. The Labute approximate surface area is 199 Å². The summed E-state index contributed by atoms with van der Waals surface area (Å²) in [5.41, 5.74) is 5.68. The van der Waals surface area contributed by atoms with Crippen molar-refractivity contribution < 1.29 is 13.2 Å². The van der Waals surface area contributed by atoms with Crippen LogP contribution in [0.1, 0.15) is 29.4 Å². The van der Waals surface area contributed by atoms with Gasteiger partial charge in [0.25, 0.3) is 10.0 Å². The summed E-state index contributed by atoms with van der Waals surface area (Å²) in [6, 6.07) is 15.5. The van der Waals surface area contributed by atoms with Gasteiger partial charge in [0.1, 0.15) is 11.3 Å². The molecule has 0 bridgehead atoms. The van der Waals surface area contributed by atoms with Gasteiger partial charge in [0.15, 0.2) is 5.65 Å². The molecule has 8 nitrogen and oxygen atoms in total. The standard InChI is InChI=1S/C25H27N5O3S/c1-4-23-28-22-15-18(3)16-27-24(22)30(23)20-9-7-19(8-10-20)13-14-26-25(31)29-34(32,33)21-11-5-17(2)6-12-21/h5-12,15-16H,4,13-14H2,1-3H3,(H2,26,29,31). The van der Waals surface area contributed by atoms with Gasteiger partial charge in [0.2, 0.25) is 0 Å². The Morgan fingerprint density at radius 3 is 2.38 bits per heavy atom. The van der Waals surface area contributed by atoms with Crippen molar-refractivity contribution in [2.45, 2.75) is 38.5 Å². The van der Waals surface area contributed by atoms with Gasteiger partial charge in [-0.15, -0.1) is 0 Å². The molecule has 0 saturated carbocycles. The highest BCUT2D eigenvalue weighted by atomic mass is 32.2. The fourth-order valence-electron chi connectivity index (χ4n) is 3.69. The van der Waals surface area contributed by atoms with Gasteiger partial charge in [0, 0.05) is 24.8 Å². The van der Waals surface area contributed by atoms with Crippen molar-refractivity contribution in [3.8, 4) is 5.69 Å². The molecule has 0 spiro atoms. The third-order valence-electron chi connectivity index (χ3n) is 5.47. The van der Waals surface area contributed by atoms with E-state index in [-0.39, 0.29) is 4.90 Å². The largest absolute Gasteiger partial charge is 0.337 e. The molecular formula is C25H27N5O3S. The third kappa shape index (κ3) is 5.09. The van der Waals surface area contributed by atoms with Crippen LogP contribution in [0.3, 0.4) is 0 Å². The summed E-state index contributed by atoms with van der Waals surface area (Å²) in [7, 11) is -3.91. The zero-order valence-corrected chi connectivity index (χ0v) is 20.2. The topological polar surface area (TPSA) is 106 Å². The highest BCUT2D eigenvalue weighted by Gasteiger charge is 2.17. The first-order valence-electron chi connectivity index (χ1n) is 11.1. The minimum Gasteiger partial charge on any atom is -0.337 e. The summed E-state index contributed by atoms with van der Waals surface area (Å²) >= 11 is 0. The number of carbonyl (C=O) groups is 1. The number of fused-ring (bicyclic) bond motifs is 1. The third-order valence-corrected chi connectivity index (χ3v) is 6.82. The van der Waals surface area contributed by atoms with E-state index in [0.717, 1.165) is 45.8 Å². The predicted octanol–water partition coefficient (Wildman–Crippen LogP) is 3.83. The number of nitrogens with zero attached hydrogens (tertiary/aromatic N) is 3. The van der Waals surface area contributed by atoms with Crippen molar-refractivity contribution in [1.29, 1.82) is 0 Å². The normalized spacial score (nSPS) is 11.5. The Kier molecular flexibility index (Phi) is 6.65. The molecule has 2 aromatic carbocycles. The lowest BCUT2D eigenvalue weighted by Gasteiger charge is -2.10. The molecule has 4 aromatic rings. The van der Waals surface area contributed by atoms with Gasteiger partial charge in [-0.05, 0) is 61.7 Å². The number of imidazole rings is 1. The second-order valence-electron chi connectivity index (χ2n) is 8.16. The van der Waals surface area contributed by atoms with Crippen LogP contribution < -0.4 is 10.0 Å².